The fourth-order valence-electron chi connectivity index (χ4n) is 2.40. The first kappa shape index (κ1) is 18.9. The SMILES string of the molecule is CC(C)COC(=O)CN1C(=O)S/C(=C\c2coc3ccccc3c2=O)C1=O. The van der Waals surface area contributed by atoms with Gasteiger partial charge in [0.05, 0.1) is 22.5 Å². The lowest BCUT2D eigenvalue weighted by molar-refractivity contribution is -0.147. The summed E-state index contributed by atoms with van der Waals surface area (Å²) in [5, 5.41) is -0.208. The van der Waals surface area contributed by atoms with E-state index in [9.17, 15) is 19.2 Å². The molecule has 1 saturated heterocycles. The Labute approximate surface area is 159 Å². The molecular formula is C19H17NO6S. The van der Waals surface area contributed by atoms with Crippen LogP contribution in [-0.4, -0.2) is 35.2 Å². The van der Waals surface area contributed by atoms with Gasteiger partial charge in [-0.2, -0.15) is 0 Å². The van der Waals surface area contributed by atoms with Crippen LogP contribution in [0.25, 0.3) is 17.0 Å². The summed E-state index contributed by atoms with van der Waals surface area (Å²) in [5.41, 5.74) is 0.280. The molecule has 1 fully saturated rings. The van der Waals surface area contributed by atoms with Crippen molar-refractivity contribution in [2.45, 2.75) is 13.8 Å². The quantitative estimate of drug-likeness (QED) is 0.575. The number of thioether (sulfide) groups is 1. The Balaban J connectivity index is 1.81. The van der Waals surface area contributed by atoms with Crippen LogP contribution in [0.1, 0.15) is 19.4 Å². The second-order valence-corrected chi connectivity index (χ2v) is 7.35. The van der Waals surface area contributed by atoms with Gasteiger partial charge in [0.25, 0.3) is 11.1 Å². The first-order valence-electron chi connectivity index (χ1n) is 8.28. The van der Waals surface area contributed by atoms with Crippen molar-refractivity contribution >= 4 is 45.9 Å². The Bertz CT molecular complexity index is 1010. The molecule has 3 rings (SSSR count). The van der Waals surface area contributed by atoms with E-state index < -0.39 is 23.7 Å². The van der Waals surface area contributed by atoms with Gasteiger partial charge in [0.2, 0.25) is 0 Å². The third-order valence-electron chi connectivity index (χ3n) is 3.73. The van der Waals surface area contributed by atoms with Gasteiger partial charge in [-0.15, -0.1) is 0 Å². The van der Waals surface area contributed by atoms with Crippen molar-refractivity contribution < 1.29 is 23.5 Å². The van der Waals surface area contributed by atoms with E-state index in [-0.39, 0.29) is 28.4 Å². The Hall–Kier alpha value is -2.87. The van der Waals surface area contributed by atoms with Gasteiger partial charge in [0.1, 0.15) is 18.4 Å². The summed E-state index contributed by atoms with van der Waals surface area (Å²) in [4.78, 5) is 49.7. The smallest absolute Gasteiger partial charge is 0.326 e. The molecule has 0 bridgehead atoms. The predicted molar refractivity (Wildman–Crippen MR) is 101 cm³/mol. The molecule has 0 unspecified atom stereocenters. The van der Waals surface area contributed by atoms with E-state index in [4.69, 9.17) is 9.15 Å². The zero-order chi connectivity index (χ0) is 19.6. The van der Waals surface area contributed by atoms with Crippen LogP contribution in [0, 0.1) is 5.92 Å². The van der Waals surface area contributed by atoms with E-state index in [1.165, 1.54) is 12.3 Å². The number of carbonyl (C=O) groups is 3. The van der Waals surface area contributed by atoms with Crippen molar-refractivity contribution in [2.24, 2.45) is 5.92 Å². The van der Waals surface area contributed by atoms with Crippen LogP contribution in [0.5, 0.6) is 0 Å². The maximum absolute atomic E-state index is 12.5. The molecular weight excluding hydrogens is 370 g/mol. The maximum atomic E-state index is 12.5. The normalized spacial score (nSPS) is 16.0. The number of carbonyl (C=O) groups excluding carboxylic acids is 3. The highest BCUT2D eigenvalue weighted by molar-refractivity contribution is 8.18. The van der Waals surface area contributed by atoms with E-state index in [0.717, 1.165) is 4.90 Å². The van der Waals surface area contributed by atoms with Crippen molar-refractivity contribution in [1.82, 2.24) is 4.90 Å². The monoisotopic (exact) mass is 387 g/mol. The Kier molecular flexibility index (Phi) is 5.46. The maximum Gasteiger partial charge on any atom is 0.326 e. The molecule has 27 heavy (non-hydrogen) atoms. The molecule has 8 heteroatoms. The summed E-state index contributed by atoms with van der Waals surface area (Å²) in [7, 11) is 0. The molecule has 1 aliphatic heterocycles. The number of hydrogen-bond donors (Lipinski definition) is 0. The summed E-state index contributed by atoms with van der Waals surface area (Å²) in [6, 6.07) is 6.74. The van der Waals surface area contributed by atoms with Crippen molar-refractivity contribution in [3.63, 3.8) is 0 Å². The van der Waals surface area contributed by atoms with E-state index >= 15 is 0 Å². The van der Waals surface area contributed by atoms with Crippen LogP contribution >= 0.6 is 11.8 Å². The molecule has 0 atom stereocenters. The Morgan fingerprint density at radius 3 is 2.74 bits per heavy atom. The molecule has 0 aliphatic carbocycles. The fraction of sp³-hybridized carbons (Fsp3) is 0.263. The number of amides is 2. The van der Waals surface area contributed by atoms with Crippen LogP contribution in [-0.2, 0) is 14.3 Å². The summed E-state index contributed by atoms with van der Waals surface area (Å²) < 4.78 is 10.4. The number of imide groups is 1. The second-order valence-electron chi connectivity index (χ2n) is 6.36. The standard InChI is InChI=1S/C19H17NO6S/c1-11(2)9-26-16(21)8-20-18(23)15(27-19(20)24)7-12-10-25-14-6-4-3-5-13(14)17(12)22/h3-7,10-11H,8-9H2,1-2H3/b15-7-. The number of nitrogens with zero attached hydrogens (tertiary/aromatic N) is 1. The number of para-hydroxylation sites is 1. The van der Waals surface area contributed by atoms with Crippen molar-refractivity contribution in [3.8, 4) is 0 Å². The Morgan fingerprint density at radius 1 is 1.26 bits per heavy atom. The van der Waals surface area contributed by atoms with Gasteiger partial charge in [-0.05, 0) is 35.9 Å². The minimum Gasteiger partial charge on any atom is -0.464 e. The van der Waals surface area contributed by atoms with Crippen LogP contribution in [0.15, 0.2) is 44.6 Å². The predicted octanol–water partition coefficient (Wildman–Crippen LogP) is 3.03. The zero-order valence-corrected chi connectivity index (χ0v) is 15.6. The van der Waals surface area contributed by atoms with Gasteiger partial charge >= 0.3 is 5.97 Å². The first-order chi connectivity index (χ1) is 12.9. The van der Waals surface area contributed by atoms with Crippen molar-refractivity contribution in [1.29, 1.82) is 0 Å². The molecule has 140 valence electrons. The molecule has 0 saturated carbocycles. The second kappa shape index (κ2) is 7.79. The van der Waals surface area contributed by atoms with Gasteiger partial charge in [0, 0.05) is 0 Å². The van der Waals surface area contributed by atoms with Gasteiger partial charge in [-0.3, -0.25) is 24.1 Å². The molecule has 2 heterocycles. The molecule has 7 nitrogen and oxygen atoms in total. The van der Waals surface area contributed by atoms with E-state index in [2.05, 4.69) is 0 Å². The summed E-state index contributed by atoms with van der Waals surface area (Å²) in [6.07, 6.45) is 2.55. The molecule has 0 radical (unpaired) electrons. The van der Waals surface area contributed by atoms with E-state index in [1.807, 2.05) is 13.8 Å². The van der Waals surface area contributed by atoms with Gasteiger partial charge in [0.15, 0.2) is 5.43 Å². The lowest BCUT2D eigenvalue weighted by Gasteiger charge is -2.12. The number of esters is 1. The summed E-state index contributed by atoms with van der Waals surface area (Å²) in [5.74, 6) is -1.15. The lowest BCUT2D eigenvalue weighted by atomic mass is 10.1. The topological polar surface area (TPSA) is 93.9 Å². The van der Waals surface area contributed by atoms with Gasteiger partial charge < -0.3 is 9.15 Å². The van der Waals surface area contributed by atoms with Crippen LogP contribution in [0.3, 0.4) is 0 Å². The van der Waals surface area contributed by atoms with Crippen molar-refractivity contribution in [2.75, 3.05) is 13.2 Å². The molecule has 1 aromatic heterocycles. The molecule has 0 N–H and O–H groups in total. The first-order valence-corrected chi connectivity index (χ1v) is 9.10. The number of ether oxygens (including phenoxy) is 1. The van der Waals surface area contributed by atoms with Crippen LogP contribution < -0.4 is 5.43 Å². The van der Waals surface area contributed by atoms with Crippen LogP contribution in [0.2, 0.25) is 0 Å². The average Bonchev–Trinajstić information content (AvgIpc) is 2.90. The number of fused-ring (bicyclic) bond motifs is 1. The van der Waals surface area contributed by atoms with E-state index in [0.29, 0.717) is 22.7 Å². The minimum atomic E-state index is -0.655. The van der Waals surface area contributed by atoms with E-state index in [1.54, 1.807) is 24.3 Å². The summed E-state index contributed by atoms with van der Waals surface area (Å²) in [6.45, 7) is 3.51. The number of hydrogen-bond acceptors (Lipinski definition) is 7. The van der Waals surface area contributed by atoms with Crippen molar-refractivity contribution in [3.05, 3.63) is 51.2 Å². The Morgan fingerprint density at radius 2 is 2.00 bits per heavy atom. The minimum absolute atomic E-state index is 0.0549. The highest BCUT2D eigenvalue weighted by Crippen LogP contribution is 2.31. The van der Waals surface area contributed by atoms with Crippen LogP contribution in [0.4, 0.5) is 4.79 Å². The molecule has 1 aromatic carbocycles. The highest BCUT2D eigenvalue weighted by atomic mass is 32.2. The zero-order valence-electron chi connectivity index (χ0n) is 14.8. The lowest BCUT2D eigenvalue weighted by Crippen LogP contribution is -2.34. The van der Waals surface area contributed by atoms with Gasteiger partial charge in [-0.1, -0.05) is 26.0 Å². The largest absolute Gasteiger partial charge is 0.464 e. The highest BCUT2D eigenvalue weighted by Gasteiger charge is 2.36. The van der Waals surface area contributed by atoms with Gasteiger partial charge in [-0.25, -0.2) is 0 Å². The average molecular weight is 387 g/mol. The molecule has 2 amide bonds. The number of rotatable bonds is 5. The fourth-order valence-corrected chi connectivity index (χ4v) is 3.23. The summed E-state index contributed by atoms with van der Waals surface area (Å²) >= 11 is 0.667. The number of benzene rings is 1. The molecule has 1 aliphatic rings. The molecule has 0 spiro atoms. The molecule has 2 aromatic rings. The third-order valence-corrected chi connectivity index (χ3v) is 4.64. The third kappa shape index (κ3) is 4.11.